The Hall–Kier alpha value is -2.56. The van der Waals surface area contributed by atoms with Crippen molar-refractivity contribution in [3.05, 3.63) is 64.1 Å². The summed E-state index contributed by atoms with van der Waals surface area (Å²) in [6.45, 7) is 3.92. The molecule has 1 aromatic heterocycles. The van der Waals surface area contributed by atoms with Crippen molar-refractivity contribution in [1.29, 1.82) is 0 Å². The molecule has 23 heavy (non-hydrogen) atoms. The van der Waals surface area contributed by atoms with Crippen molar-refractivity contribution in [1.82, 2.24) is 4.57 Å². The maximum Gasteiger partial charge on any atom is 0.326 e. The normalized spacial score (nSPS) is 11.9. The highest BCUT2D eigenvalue weighted by Gasteiger charge is 2.21. The summed E-state index contributed by atoms with van der Waals surface area (Å²) in [5.41, 5.74) is 1.25. The highest BCUT2D eigenvalue weighted by atomic mass is 16.5. The monoisotopic (exact) mass is 315 g/mol. The van der Waals surface area contributed by atoms with E-state index in [2.05, 4.69) is 0 Å². The molecular formula is C18H21NO4. The highest BCUT2D eigenvalue weighted by Crippen LogP contribution is 2.21. The van der Waals surface area contributed by atoms with Crippen molar-refractivity contribution in [3.8, 4) is 5.75 Å². The lowest BCUT2D eigenvalue weighted by Crippen LogP contribution is -2.23. The number of rotatable bonds is 7. The van der Waals surface area contributed by atoms with E-state index < -0.39 is 12.0 Å². The molecule has 0 bridgehead atoms. The SMILES string of the molecule is CCCC(C(=O)O)n1ccc(=O)c(OCc2ccccc2)c1C. The Balaban J connectivity index is 2.31. The summed E-state index contributed by atoms with van der Waals surface area (Å²) in [5, 5.41) is 9.41. The van der Waals surface area contributed by atoms with E-state index in [0.717, 1.165) is 12.0 Å². The summed E-state index contributed by atoms with van der Waals surface area (Å²) in [6, 6.07) is 10.2. The van der Waals surface area contributed by atoms with E-state index in [1.807, 2.05) is 37.3 Å². The minimum Gasteiger partial charge on any atom is -0.483 e. The van der Waals surface area contributed by atoms with Crippen LogP contribution < -0.4 is 10.2 Å². The minimum atomic E-state index is -0.910. The fraction of sp³-hybridized carbons (Fsp3) is 0.333. The molecule has 1 N–H and O–H groups in total. The van der Waals surface area contributed by atoms with E-state index in [1.165, 1.54) is 12.3 Å². The molecule has 0 saturated carbocycles. The molecule has 0 aliphatic carbocycles. The van der Waals surface area contributed by atoms with Gasteiger partial charge in [-0.3, -0.25) is 4.79 Å². The van der Waals surface area contributed by atoms with Gasteiger partial charge >= 0.3 is 5.97 Å². The number of ether oxygens (including phenoxy) is 1. The van der Waals surface area contributed by atoms with Gasteiger partial charge in [0.1, 0.15) is 12.6 Å². The van der Waals surface area contributed by atoms with E-state index in [4.69, 9.17) is 4.74 Å². The summed E-state index contributed by atoms with van der Waals surface area (Å²) in [7, 11) is 0. The van der Waals surface area contributed by atoms with Crippen molar-refractivity contribution in [2.75, 3.05) is 0 Å². The number of aromatic nitrogens is 1. The molecule has 0 amide bonds. The maximum absolute atomic E-state index is 12.1. The first-order valence-electron chi connectivity index (χ1n) is 7.65. The van der Waals surface area contributed by atoms with Crippen molar-refractivity contribution in [3.63, 3.8) is 0 Å². The number of carbonyl (C=O) groups is 1. The topological polar surface area (TPSA) is 68.5 Å². The second-order valence-electron chi connectivity index (χ2n) is 5.42. The van der Waals surface area contributed by atoms with E-state index in [9.17, 15) is 14.7 Å². The molecule has 0 spiro atoms. The number of nitrogens with zero attached hydrogens (tertiary/aromatic N) is 1. The molecule has 5 nitrogen and oxygen atoms in total. The zero-order valence-corrected chi connectivity index (χ0v) is 13.4. The van der Waals surface area contributed by atoms with Gasteiger partial charge in [-0.05, 0) is 18.9 Å². The van der Waals surface area contributed by atoms with Crippen LogP contribution in [-0.4, -0.2) is 15.6 Å². The van der Waals surface area contributed by atoms with Crippen LogP contribution in [0.4, 0.5) is 0 Å². The molecule has 0 radical (unpaired) electrons. The number of aliphatic carboxylic acids is 1. The zero-order chi connectivity index (χ0) is 16.8. The van der Waals surface area contributed by atoms with Crippen LogP contribution in [0.15, 0.2) is 47.4 Å². The Bertz CT molecular complexity index is 722. The number of benzene rings is 1. The van der Waals surface area contributed by atoms with Gasteiger partial charge in [-0.2, -0.15) is 0 Å². The molecule has 1 heterocycles. The van der Waals surface area contributed by atoms with Gasteiger partial charge in [0, 0.05) is 12.3 Å². The molecule has 2 aromatic rings. The minimum absolute atomic E-state index is 0.207. The van der Waals surface area contributed by atoms with Crippen molar-refractivity contribution in [2.24, 2.45) is 0 Å². The maximum atomic E-state index is 12.1. The van der Waals surface area contributed by atoms with Gasteiger partial charge in [0.15, 0.2) is 5.75 Å². The average molecular weight is 315 g/mol. The van der Waals surface area contributed by atoms with Crippen LogP contribution >= 0.6 is 0 Å². The molecule has 2 rings (SSSR count). The number of hydrogen-bond donors (Lipinski definition) is 1. The molecule has 5 heteroatoms. The lowest BCUT2D eigenvalue weighted by atomic mass is 10.1. The highest BCUT2D eigenvalue weighted by molar-refractivity contribution is 5.72. The van der Waals surface area contributed by atoms with Gasteiger partial charge in [-0.1, -0.05) is 43.7 Å². The van der Waals surface area contributed by atoms with Crippen LogP contribution in [0.1, 0.15) is 37.1 Å². The van der Waals surface area contributed by atoms with Gasteiger partial charge < -0.3 is 14.4 Å². The van der Waals surface area contributed by atoms with Crippen molar-refractivity contribution in [2.45, 2.75) is 39.3 Å². The Morgan fingerprint density at radius 2 is 1.96 bits per heavy atom. The zero-order valence-electron chi connectivity index (χ0n) is 13.4. The predicted octanol–water partition coefficient (Wildman–Crippen LogP) is 3.16. The lowest BCUT2D eigenvalue weighted by Gasteiger charge is -2.20. The number of carboxylic acid groups (broad SMARTS) is 1. The second kappa shape index (κ2) is 7.63. The van der Waals surface area contributed by atoms with Crippen molar-refractivity contribution < 1.29 is 14.6 Å². The summed E-state index contributed by atoms with van der Waals surface area (Å²) in [4.78, 5) is 23.6. The summed E-state index contributed by atoms with van der Waals surface area (Å²) in [6.07, 6.45) is 2.77. The molecule has 0 fully saturated rings. The smallest absolute Gasteiger partial charge is 0.326 e. The molecule has 1 atom stereocenters. The predicted molar refractivity (Wildman–Crippen MR) is 87.8 cm³/mol. The Morgan fingerprint density at radius 1 is 1.26 bits per heavy atom. The Labute approximate surface area is 135 Å². The van der Waals surface area contributed by atoms with Gasteiger partial charge in [0.25, 0.3) is 0 Å². The molecule has 1 unspecified atom stereocenters. The molecular weight excluding hydrogens is 294 g/mol. The summed E-state index contributed by atoms with van der Waals surface area (Å²) >= 11 is 0. The molecule has 0 aliphatic heterocycles. The van der Waals surface area contributed by atoms with E-state index in [-0.39, 0.29) is 17.8 Å². The van der Waals surface area contributed by atoms with E-state index in [1.54, 1.807) is 11.5 Å². The largest absolute Gasteiger partial charge is 0.483 e. The van der Waals surface area contributed by atoms with E-state index in [0.29, 0.717) is 12.1 Å². The number of hydrogen-bond acceptors (Lipinski definition) is 3. The lowest BCUT2D eigenvalue weighted by molar-refractivity contribution is -0.141. The van der Waals surface area contributed by atoms with Gasteiger partial charge in [0.2, 0.25) is 5.43 Å². The average Bonchev–Trinajstić information content (AvgIpc) is 2.54. The van der Waals surface area contributed by atoms with Crippen LogP contribution in [0.25, 0.3) is 0 Å². The van der Waals surface area contributed by atoms with Crippen molar-refractivity contribution >= 4 is 5.97 Å². The van der Waals surface area contributed by atoms with Crippen LogP contribution in [0.2, 0.25) is 0 Å². The number of carboxylic acids is 1. The van der Waals surface area contributed by atoms with Crippen LogP contribution in [0, 0.1) is 6.92 Å². The standard InChI is InChI=1S/C18H21NO4/c1-3-7-15(18(21)22)19-11-10-16(20)17(13(19)2)23-12-14-8-5-4-6-9-14/h4-6,8-11,15H,3,7,12H2,1-2H3,(H,21,22). The number of pyridine rings is 1. The molecule has 122 valence electrons. The summed E-state index contributed by atoms with van der Waals surface area (Å²) < 4.78 is 7.28. The third-order valence-corrected chi connectivity index (χ3v) is 3.74. The van der Waals surface area contributed by atoms with Crippen LogP contribution in [0.3, 0.4) is 0 Å². The quantitative estimate of drug-likeness (QED) is 0.852. The first-order chi connectivity index (χ1) is 11.0. The second-order valence-corrected chi connectivity index (χ2v) is 5.42. The molecule has 1 aromatic carbocycles. The Kier molecular flexibility index (Phi) is 5.57. The van der Waals surface area contributed by atoms with Gasteiger partial charge in [-0.15, -0.1) is 0 Å². The van der Waals surface area contributed by atoms with Gasteiger partial charge in [-0.25, -0.2) is 4.79 Å². The third kappa shape index (κ3) is 4.00. The van der Waals surface area contributed by atoms with Gasteiger partial charge in [0.05, 0.1) is 5.69 Å². The molecule has 0 saturated heterocycles. The Morgan fingerprint density at radius 3 is 2.57 bits per heavy atom. The van der Waals surface area contributed by atoms with E-state index >= 15 is 0 Å². The fourth-order valence-electron chi connectivity index (χ4n) is 2.53. The molecule has 0 aliphatic rings. The fourth-order valence-corrected chi connectivity index (χ4v) is 2.53. The first kappa shape index (κ1) is 16.8. The van der Waals surface area contributed by atoms with Crippen LogP contribution in [-0.2, 0) is 11.4 Å². The van der Waals surface area contributed by atoms with Crippen LogP contribution in [0.5, 0.6) is 5.75 Å². The first-order valence-corrected chi connectivity index (χ1v) is 7.65. The third-order valence-electron chi connectivity index (χ3n) is 3.74. The summed E-state index contributed by atoms with van der Waals surface area (Å²) in [5.74, 6) is -0.702.